The first-order valence-corrected chi connectivity index (χ1v) is 8.94. The van der Waals surface area contributed by atoms with Gasteiger partial charge >= 0.3 is 5.97 Å². The third kappa shape index (κ3) is 2.54. The van der Waals surface area contributed by atoms with E-state index in [1.54, 1.807) is 0 Å². The van der Waals surface area contributed by atoms with Crippen molar-refractivity contribution in [3.8, 4) is 0 Å². The Morgan fingerprint density at radius 1 is 1.22 bits per heavy atom. The number of rotatable bonds is 3. The summed E-state index contributed by atoms with van der Waals surface area (Å²) in [7, 11) is 0. The van der Waals surface area contributed by atoms with Gasteiger partial charge in [-0.3, -0.25) is 14.4 Å². The van der Waals surface area contributed by atoms with Gasteiger partial charge in [-0.15, -0.1) is 0 Å². The first kappa shape index (κ1) is 16.7. The molecule has 0 bridgehead atoms. The highest BCUT2D eigenvalue weighted by molar-refractivity contribution is 5.87. The predicted molar refractivity (Wildman–Crippen MR) is 85.8 cm³/mol. The molecule has 3 saturated carbocycles. The van der Waals surface area contributed by atoms with Crippen molar-refractivity contribution in [1.29, 1.82) is 0 Å². The normalized spacial score (nSPS) is 46.4. The summed E-state index contributed by atoms with van der Waals surface area (Å²) >= 11 is 0. The van der Waals surface area contributed by atoms with Gasteiger partial charge in [0.15, 0.2) is 0 Å². The number of aliphatic carboxylic acids is 1. The Hall–Kier alpha value is -1.19. The maximum absolute atomic E-state index is 12.8. The lowest BCUT2D eigenvalue weighted by atomic mass is 9.47. The summed E-state index contributed by atoms with van der Waals surface area (Å²) in [5, 5.41) is 9.06. The number of hydrogen-bond donors (Lipinski definition) is 1. The van der Waals surface area contributed by atoms with Crippen molar-refractivity contribution >= 4 is 17.5 Å². The fraction of sp³-hybridized carbons (Fsp3) is 0.842. The Balaban J connectivity index is 1.93. The standard InChI is InChI=1S/C19H28O4/c1-11-8-15(21)19(3,7-5-16(22)23)13-4-6-18(2)10-12(20)9-14(18)17(11)13/h11,13-14,17H,4-10H2,1-3H3,(H,22,23)/t11?,13?,14?,17?,18-,19-/m1/s1. The molecule has 23 heavy (non-hydrogen) atoms. The zero-order valence-corrected chi connectivity index (χ0v) is 14.4. The van der Waals surface area contributed by atoms with Gasteiger partial charge in [0.1, 0.15) is 11.6 Å². The number of carboxylic acids is 1. The van der Waals surface area contributed by atoms with Crippen LogP contribution in [-0.2, 0) is 14.4 Å². The SMILES string of the molecule is CC1CC(=O)[C@](C)(CCC(=O)O)C2CC[C@]3(C)CC(=O)CC3C12. The van der Waals surface area contributed by atoms with Crippen LogP contribution in [0.1, 0.15) is 65.7 Å². The van der Waals surface area contributed by atoms with Crippen LogP contribution < -0.4 is 0 Å². The molecule has 0 aromatic heterocycles. The molecule has 0 heterocycles. The Labute approximate surface area is 138 Å². The molecule has 0 amide bonds. The van der Waals surface area contributed by atoms with Crippen molar-refractivity contribution in [2.75, 3.05) is 0 Å². The molecule has 4 nitrogen and oxygen atoms in total. The molecule has 3 fully saturated rings. The summed E-state index contributed by atoms with van der Waals surface area (Å²) in [6.45, 7) is 6.39. The highest BCUT2D eigenvalue weighted by Gasteiger charge is 2.60. The van der Waals surface area contributed by atoms with Gasteiger partial charge in [0, 0.05) is 31.1 Å². The molecule has 0 spiro atoms. The van der Waals surface area contributed by atoms with E-state index in [4.69, 9.17) is 5.11 Å². The van der Waals surface area contributed by atoms with Crippen molar-refractivity contribution in [2.24, 2.45) is 34.5 Å². The number of carboxylic acid groups (broad SMARTS) is 1. The van der Waals surface area contributed by atoms with E-state index < -0.39 is 11.4 Å². The Bertz CT molecular complexity index is 554. The summed E-state index contributed by atoms with van der Waals surface area (Å²) < 4.78 is 0. The molecule has 3 aliphatic rings. The Kier molecular flexibility index (Phi) is 3.93. The number of carbonyl (C=O) groups is 3. The third-order valence-corrected chi connectivity index (χ3v) is 7.38. The lowest BCUT2D eigenvalue weighted by Crippen LogP contribution is -2.54. The quantitative estimate of drug-likeness (QED) is 0.864. The highest BCUT2D eigenvalue weighted by atomic mass is 16.4. The molecule has 3 aliphatic carbocycles. The summed E-state index contributed by atoms with van der Waals surface area (Å²) in [6, 6.07) is 0. The molecule has 3 rings (SSSR count). The van der Waals surface area contributed by atoms with Crippen LogP contribution in [0.4, 0.5) is 0 Å². The van der Waals surface area contributed by atoms with Crippen LogP contribution in [0.15, 0.2) is 0 Å². The average Bonchev–Trinajstić information content (AvgIpc) is 2.76. The molecule has 0 aromatic rings. The zero-order chi connectivity index (χ0) is 17.0. The van der Waals surface area contributed by atoms with Crippen LogP contribution in [0.25, 0.3) is 0 Å². The number of Topliss-reactive ketones (excluding diaryl/α,β-unsaturated/α-hetero) is 2. The first-order valence-electron chi connectivity index (χ1n) is 8.94. The number of fused-ring (bicyclic) bond motifs is 3. The topological polar surface area (TPSA) is 71.4 Å². The van der Waals surface area contributed by atoms with Crippen LogP contribution in [0.5, 0.6) is 0 Å². The first-order chi connectivity index (χ1) is 10.7. The second-order valence-corrected chi connectivity index (χ2v) is 8.82. The van der Waals surface area contributed by atoms with Crippen LogP contribution in [0.2, 0.25) is 0 Å². The van der Waals surface area contributed by atoms with Crippen LogP contribution in [0.3, 0.4) is 0 Å². The van der Waals surface area contributed by atoms with Crippen molar-refractivity contribution in [1.82, 2.24) is 0 Å². The number of hydrogen-bond acceptors (Lipinski definition) is 3. The molecule has 1 N–H and O–H groups in total. The smallest absolute Gasteiger partial charge is 0.303 e. The maximum atomic E-state index is 12.8. The lowest BCUT2D eigenvalue weighted by molar-refractivity contribution is -0.152. The van der Waals surface area contributed by atoms with Gasteiger partial charge in [0.2, 0.25) is 0 Å². The molecule has 0 aromatic carbocycles. The average molecular weight is 320 g/mol. The second-order valence-electron chi connectivity index (χ2n) is 8.82. The molecule has 6 atom stereocenters. The van der Waals surface area contributed by atoms with E-state index in [1.807, 2.05) is 6.92 Å². The fourth-order valence-electron chi connectivity index (χ4n) is 6.07. The zero-order valence-electron chi connectivity index (χ0n) is 14.4. The van der Waals surface area contributed by atoms with E-state index in [9.17, 15) is 14.4 Å². The minimum atomic E-state index is -0.828. The summed E-state index contributed by atoms with van der Waals surface area (Å²) in [5.74, 6) is 1.08. The second kappa shape index (κ2) is 5.42. The highest BCUT2D eigenvalue weighted by Crippen LogP contribution is 2.63. The Morgan fingerprint density at radius 3 is 2.57 bits per heavy atom. The van der Waals surface area contributed by atoms with Crippen LogP contribution >= 0.6 is 0 Å². The van der Waals surface area contributed by atoms with E-state index in [0.29, 0.717) is 49.2 Å². The monoisotopic (exact) mass is 320 g/mol. The van der Waals surface area contributed by atoms with Gasteiger partial charge in [-0.1, -0.05) is 20.8 Å². The van der Waals surface area contributed by atoms with Gasteiger partial charge in [-0.05, 0) is 48.3 Å². The van der Waals surface area contributed by atoms with Crippen LogP contribution in [0, 0.1) is 34.5 Å². The minimum absolute atomic E-state index is 0.0563. The van der Waals surface area contributed by atoms with E-state index in [2.05, 4.69) is 13.8 Å². The summed E-state index contributed by atoms with van der Waals surface area (Å²) in [6.07, 6.45) is 4.33. The Morgan fingerprint density at radius 2 is 1.91 bits per heavy atom. The van der Waals surface area contributed by atoms with Gasteiger partial charge < -0.3 is 5.11 Å². The number of carbonyl (C=O) groups excluding carboxylic acids is 2. The van der Waals surface area contributed by atoms with Crippen LogP contribution in [-0.4, -0.2) is 22.6 Å². The molecule has 4 heteroatoms. The van der Waals surface area contributed by atoms with Gasteiger partial charge in [0.05, 0.1) is 0 Å². The third-order valence-electron chi connectivity index (χ3n) is 7.38. The van der Waals surface area contributed by atoms with E-state index >= 15 is 0 Å². The summed E-state index contributed by atoms with van der Waals surface area (Å²) in [4.78, 5) is 35.9. The van der Waals surface area contributed by atoms with Crippen molar-refractivity contribution in [3.05, 3.63) is 0 Å². The molecular formula is C19H28O4. The van der Waals surface area contributed by atoms with Crippen molar-refractivity contribution in [2.45, 2.75) is 65.7 Å². The van der Waals surface area contributed by atoms with E-state index in [0.717, 1.165) is 12.8 Å². The number of ketones is 2. The molecule has 0 radical (unpaired) electrons. The molecular weight excluding hydrogens is 292 g/mol. The largest absolute Gasteiger partial charge is 0.481 e. The maximum Gasteiger partial charge on any atom is 0.303 e. The molecule has 4 unspecified atom stereocenters. The minimum Gasteiger partial charge on any atom is -0.481 e. The van der Waals surface area contributed by atoms with Gasteiger partial charge in [0.25, 0.3) is 0 Å². The fourth-order valence-corrected chi connectivity index (χ4v) is 6.07. The van der Waals surface area contributed by atoms with Gasteiger partial charge in [-0.25, -0.2) is 0 Å². The predicted octanol–water partition coefficient (Wildman–Crippen LogP) is 3.48. The van der Waals surface area contributed by atoms with Crippen molar-refractivity contribution in [3.63, 3.8) is 0 Å². The summed E-state index contributed by atoms with van der Waals surface area (Å²) in [5.41, 5.74) is -0.427. The molecule has 128 valence electrons. The lowest BCUT2D eigenvalue weighted by Gasteiger charge is -2.56. The molecule has 0 saturated heterocycles. The molecule has 0 aliphatic heterocycles. The van der Waals surface area contributed by atoms with E-state index in [1.165, 1.54) is 0 Å². The van der Waals surface area contributed by atoms with E-state index in [-0.39, 0.29) is 23.5 Å². The van der Waals surface area contributed by atoms with Gasteiger partial charge in [-0.2, -0.15) is 0 Å². The van der Waals surface area contributed by atoms with Crippen molar-refractivity contribution < 1.29 is 19.5 Å².